The number of rotatable bonds is 1. The van der Waals surface area contributed by atoms with Crippen LogP contribution < -0.4 is 29.6 Å². The Hall–Kier alpha value is -2.04. The van der Waals surface area contributed by atoms with Crippen molar-refractivity contribution in [2.24, 2.45) is 0 Å². The summed E-state index contributed by atoms with van der Waals surface area (Å²) in [6.45, 7) is 4.33. The molecule has 1 fully saturated rings. The second kappa shape index (κ2) is 24.0. The van der Waals surface area contributed by atoms with Crippen LogP contribution in [-0.2, 0) is 19.2 Å². The summed E-state index contributed by atoms with van der Waals surface area (Å²) >= 11 is 0. The number of aromatic nitrogens is 2. The van der Waals surface area contributed by atoms with Crippen LogP contribution in [0.4, 0.5) is 0 Å². The van der Waals surface area contributed by atoms with Gasteiger partial charge in [-0.1, -0.05) is 19.3 Å². The first-order valence-corrected chi connectivity index (χ1v) is 8.45. The van der Waals surface area contributed by atoms with E-state index < -0.39 is 23.9 Å². The second-order valence-electron chi connectivity index (χ2n) is 5.56. The van der Waals surface area contributed by atoms with Crippen LogP contribution in [0.1, 0.15) is 72.8 Å². The van der Waals surface area contributed by atoms with Crippen LogP contribution in [0.15, 0.2) is 18.3 Å². The molecule has 0 aliphatic heterocycles. The third-order valence-electron chi connectivity index (χ3n) is 2.62. The molecule has 0 spiro atoms. The van der Waals surface area contributed by atoms with E-state index in [1.807, 2.05) is 6.07 Å². The molecule has 0 radical (unpaired) electrons. The van der Waals surface area contributed by atoms with Gasteiger partial charge in [-0.25, -0.2) is 0 Å². The average Bonchev–Trinajstić information content (AvgIpc) is 2.54. The van der Waals surface area contributed by atoms with Gasteiger partial charge in [-0.05, 0) is 25.0 Å². The zero-order valence-corrected chi connectivity index (χ0v) is 19.7. The Morgan fingerprint density at radius 2 is 1.17 bits per heavy atom. The van der Waals surface area contributed by atoms with Crippen molar-refractivity contribution < 1.29 is 70.6 Å². The Bertz CT molecular complexity index is 507. The van der Waals surface area contributed by atoms with Crippen LogP contribution in [0.5, 0.6) is 0 Å². The molecule has 0 unspecified atom stereocenters. The van der Waals surface area contributed by atoms with E-state index in [0.717, 1.165) is 27.7 Å². The molecule has 1 heterocycles. The molecule has 1 aliphatic carbocycles. The molecule has 1 aromatic heterocycles. The SMILES string of the molecule is CC(=O)O.CC(=O)O.CC(=O)O.CC(=O)O.[H-].[Na+].c1cnnc(C2CCCCC2)c1. The van der Waals surface area contributed by atoms with E-state index in [-0.39, 0.29) is 31.0 Å². The first kappa shape index (κ1) is 34.5. The third-order valence-corrected chi connectivity index (χ3v) is 2.62. The van der Waals surface area contributed by atoms with Crippen LogP contribution in [0.3, 0.4) is 0 Å². The summed E-state index contributed by atoms with van der Waals surface area (Å²) in [5.74, 6) is -2.65. The van der Waals surface area contributed by atoms with Crippen molar-refractivity contribution in [3.63, 3.8) is 0 Å². The van der Waals surface area contributed by atoms with Gasteiger partial charge in [-0.15, -0.1) is 0 Å². The first-order chi connectivity index (χ1) is 12.9. The predicted molar refractivity (Wildman–Crippen MR) is 102 cm³/mol. The largest absolute Gasteiger partial charge is 1.00 e. The van der Waals surface area contributed by atoms with E-state index >= 15 is 0 Å². The maximum atomic E-state index is 9.00. The summed E-state index contributed by atoms with van der Waals surface area (Å²) < 4.78 is 0. The van der Waals surface area contributed by atoms with Crippen molar-refractivity contribution in [3.8, 4) is 0 Å². The maximum Gasteiger partial charge on any atom is 1.00 e. The molecule has 1 aliphatic rings. The minimum absolute atomic E-state index is 0. The van der Waals surface area contributed by atoms with Crippen molar-refractivity contribution in [2.75, 3.05) is 0 Å². The number of nitrogens with zero attached hydrogens (tertiary/aromatic N) is 2. The van der Waals surface area contributed by atoms with E-state index in [9.17, 15) is 0 Å². The van der Waals surface area contributed by atoms with Crippen molar-refractivity contribution in [2.45, 2.75) is 65.7 Å². The zero-order chi connectivity index (χ0) is 22.5. The monoisotopic (exact) mass is 426 g/mol. The Balaban J connectivity index is -0.0000000986. The molecule has 29 heavy (non-hydrogen) atoms. The summed E-state index contributed by atoms with van der Waals surface area (Å²) in [7, 11) is 0. The maximum absolute atomic E-state index is 9.00. The van der Waals surface area contributed by atoms with Gasteiger partial charge in [0.05, 0.1) is 5.69 Å². The number of hydrogen-bond acceptors (Lipinski definition) is 6. The molecule has 11 heteroatoms. The van der Waals surface area contributed by atoms with Gasteiger partial charge in [0.15, 0.2) is 0 Å². The molecule has 2 rings (SSSR count). The van der Waals surface area contributed by atoms with E-state index in [2.05, 4.69) is 16.3 Å². The van der Waals surface area contributed by atoms with Gasteiger partial charge in [-0.2, -0.15) is 10.2 Å². The number of carboxylic acid groups (broad SMARTS) is 4. The quantitative estimate of drug-likeness (QED) is 0.447. The topological polar surface area (TPSA) is 175 Å². The number of carboxylic acids is 4. The normalized spacial score (nSPS) is 11.4. The van der Waals surface area contributed by atoms with Crippen LogP contribution in [0.2, 0.25) is 0 Å². The molecule has 4 N–H and O–H groups in total. The Kier molecular flexibility index (Phi) is 28.5. The molecular weight excluding hydrogens is 395 g/mol. The summed E-state index contributed by atoms with van der Waals surface area (Å²) in [6, 6.07) is 4.08. The molecule has 0 aromatic carbocycles. The van der Waals surface area contributed by atoms with E-state index in [4.69, 9.17) is 39.6 Å². The van der Waals surface area contributed by atoms with Gasteiger partial charge in [0.1, 0.15) is 0 Å². The standard InChI is InChI=1S/C10H14N2.4C2H4O2.Na.H/c1-2-5-9(6-3-1)10-7-4-8-11-12-10;4*1-2(3)4;;/h4,7-9H,1-3,5-6H2;4*1H3,(H,3,4);;/q;;;;;+1;-1. The fourth-order valence-corrected chi connectivity index (χ4v) is 1.93. The molecule has 0 bridgehead atoms. The minimum atomic E-state index is -0.833. The van der Waals surface area contributed by atoms with Crippen molar-refractivity contribution in [3.05, 3.63) is 24.0 Å². The summed E-state index contributed by atoms with van der Waals surface area (Å²) in [5, 5.41) is 37.7. The molecule has 162 valence electrons. The van der Waals surface area contributed by atoms with Gasteiger partial charge >= 0.3 is 29.6 Å². The van der Waals surface area contributed by atoms with Gasteiger partial charge in [-0.3, -0.25) is 19.2 Å². The predicted octanol–water partition coefficient (Wildman–Crippen LogP) is 0.00440. The van der Waals surface area contributed by atoms with Crippen molar-refractivity contribution in [1.29, 1.82) is 0 Å². The number of aliphatic carboxylic acids is 4. The molecule has 1 aromatic rings. The second-order valence-corrected chi connectivity index (χ2v) is 5.56. The molecule has 0 atom stereocenters. The van der Waals surface area contributed by atoms with Crippen molar-refractivity contribution >= 4 is 23.9 Å². The Labute approximate surface area is 194 Å². The van der Waals surface area contributed by atoms with Crippen molar-refractivity contribution in [1.82, 2.24) is 10.2 Å². The fourth-order valence-electron chi connectivity index (χ4n) is 1.93. The van der Waals surface area contributed by atoms with Crippen LogP contribution >= 0.6 is 0 Å². The average molecular weight is 426 g/mol. The van der Waals surface area contributed by atoms with Crippen LogP contribution in [0, 0.1) is 0 Å². The summed E-state index contributed by atoms with van der Waals surface area (Å²) in [6.07, 6.45) is 8.48. The van der Waals surface area contributed by atoms with E-state index in [1.165, 1.54) is 37.8 Å². The Morgan fingerprint density at radius 3 is 1.45 bits per heavy atom. The van der Waals surface area contributed by atoms with Crippen LogP contribution in [0.25, 0.3) is 0 Å². The molecule has 1 saturated carbocycles. The van der Waals surface area contributed by atoms with E-state index in [0.29, 0.717) is 5.92 Å². The molecule has 0 saturated heterocycles. The summed E-state index contributed by atoms with van der Waals surface area (Å²) in [5.41, 5.74) is 1.19. The van der Waals surface area contributed by atoms with E-state index in [1.54, 1.807) is 6.20 Å². The molecule has 0 amide bonds. The zero-order valence-electron chi connectivity index (χ0n) is 18.7. The molecule has 10 nitrogen and oxygen atoms in total. The number of hydrogen-bond donors (Lipinski definition) is 4. The summed E-state index contributed by atoms with van der Waals surface area (Å²) in [4.78, 5) is 36.0. The third kappa shape index (κ3) is 46.2. The van der Waals surface area contributed by atoms with Gasteiger partial charge in [0.2, 0.25) is 0 Å². The van der Waals surface area contributed by atoms with Gasteiger partial charge in [0, 0.05) is 39.8 Å². The number of carbonyl (C=O) groups is 4. The smallest absolute Gasteiger partial charge is 1.00 e. The minimum Gasteiger partial charge on any atom is -1.00 e. The van der Waals surface area contributed by atoms with Gasteiger partial charge in [0.25, 0.3) is 23.9 Å². The van der Waals surface area contributed by atoms with Crippen LogP contribution in [-0.4, -0.2) is 54.5 Å². The molecular formula is C18H31N2NaO8. The Morgan fingerprint density at radius 1 is 0.828 bits per heavy atom. The fraction of sp³-hybridized carbons (Fsp3) is 0.556. The van der Waals surface area contributed by atoms with Gasteiger partial charge < -0.3 is 21.9 Å². The first-order valence-electron chi connectivity index (χ1n) is 8.45.